The van der Waals surface area contributed by atoms with Gasteiger partial charge in [0.1, 0.15) is 22.4 Å². The van der Waals surface area contributed by atoms with E-state index in [0.717, 1.165) is 26.5 Å². The SMILES string of the molecule is CCC(Sc1cccc(NC(=O)/C(=C\c2ccc(C)cc2)NC(=O)c2ccccc2)c1)C(=O)Nc1sc2c(c1C#N)CCN(C(=O)OC(C)(C)C)C2. The Morgan fingerprint density at radius 2 is 1.75 bits per heavy atom. The summed E-state index contributed by atoms with van der Waals surface area (Å²) < 4.78 is 5.53. The molecular formula is C40H41N5O5S2. The third kappa shape index (κ3) is 9.90. The first-order chi connectivity index (χ1) is 24.8. The zero-order chi connectivity index (χ0) is 37.4. The molecule has 10 nitrogen and oxygen atoms in total. The molecule has 0 spiro atoms. The van der Waals surface area contributed by atoms with Gasteiger partial charge in [-0.2, -0.15) is 5.26 Å². The number of thioether (sulfide) groups is 1. The maximum absolute atomic E-state index is 13.6. The first kappa shape index (κ1) is 37.9. The lowest BCUT2D eigenvalue weighted by atomic mass is 10.0. The average Bonchev–Trinajstić information content (AvgIpc) is 3.46. The maximum Gasteiger partial charge on any atom is 0.410 e. The van der Waals surface area contributed by atoms with E-state index in [4.69, 9.17) is 4.74 Å². The molecule has 0 fully saturated rings. The third-order valence-corrected chi connectivity index (χ3v) is 10.5. The molecule has 4 aromatic rings. The molecule has 1 aromatic heterocycles. The molecule has 1 atom stereocenters. The van der Waals surface area contributed by atoms with Gasteiger partial charge in [-0.05, 0) is 88.1 Å². The van der Waals surface area contributed by atoms with Crippen LogP contribution in [0.25, 0.3) is 6.08 Å². The van der Waals surface area contributed by atoms with Gasteiger partial charge in [-0.3, -0.25) is 14.4 Å². The standard InChI is InChI=1S/C40H41N5O5S2/c1-6-33(37(48)44-38-31(23-41)30-19-20-45(24-34(30)52-38)39(49)50-40(3,4)5)51-29-14-10-13-28(22-29)42-36(47)32(21-26-17-15-25(2)16-18-26)43-35(46)27-11-8-7-9-12-27/h7-18,21-22,33H,6,19-20,24H2,1-5H3,(H,42,47)(H,43,46)(H,44,48)/b32-21+. The predicted molar refractivity (Wildman–Crippen MR) is 206 cm³/mol. The summed E-state index contributed by atoms with van der Waals surface area (Å²) in [5, 5.41) is 18.6. The first-order valence-electron chi connectivity index (χ1n) is 16.9. The molecular weight excluding hydrogens is 695 g/mol. The van der Waals surface area contributed by atoms with E-state index >= 15 is 0 Å². The number of nitrogens with one attached hydrogen (secondary N) is 3. The number of hydrogen-bond acceptors (Lipinski definition) is 8. The Morgan fingerprint density at radius 1 is 1.02 bits per heavy atom. The van der Waals surface area contributed by atoms with Gasteiger partial charge in [0, 0.05) is 27.6 Å². The molecule has 5 rings (SSSR count). The van der Waals surface area contributed by atoms with E-state index in [1.807, 2.05) is 71.0 Å². The van der Waals surface area contributed by atoms with Gasteiger partial charge in [-0.1, -0.05) is 61.0 Å². The summed E-state index contributed by atoms with van der Waals surface area (Å²) in [4.78, 5) is 56.1. The summed E-state index contributed by atoms with van der Waals surface area (Å²) >= 11 is 2.65. The molecule has 3 N–H and O–H groups in total. The van der Waals surface area contributed by atoms with E-state index < -0.39 is 28.8 Å². The van der Waals surface area contributed by atoms with Crippen molar-refractivity contribution in [3.63, 3.8) is 0 Å². The smallest absolute Gasteiger partial charge is 0.410 e. The van der Waals surface area contributed by atoms with Crippen molar-refractivity contribution >= 4 is 63.7 Å². The minimum absolute atomic E-state index is 0.0720. The highest BCUT2D eigenvalue weighted by Crippen LogP contribution is 2.38. The van der Waals surface area contributed by atoms with Gasteiger partial charge in [-0.15, -0.1) is 23.1 Å². The normalized spacial score (nSPS) is 13.3. The molecule has 0 radical (unpaired) electrons. The minimum atomic E-state index is -0.621. The minimum Gasteiger partial charge on any atom is -0.444 e. The number of carbonyl (C=O) groups is 4. The van der Waals surface area contributed by atoms with Crippen molar-refractivity contribution in [2.75, 3.05) is 17.2 Å². The van der Waals surface area contributed by atoms with E-state index in [1.165, 1.54) is 23.1 Å². The Bertz CT molecular complexity index is 2030. The first-order valence-corrected chi connectivity index (χ1v) is 18.6. The summed E-state index contributed by atoms with van der Waals surface area (Å²) in [5.74, 6) is -1.18. The largest absolute Gasteiger partial charge is 0.444 e. The highest BCUT2D eigenvalue weighted by atomic mass is 32.2. The van der Waals surface area contributed by atoms with Crippen molar-refractivity contribution in [2.45, 2.75) is 69.8 Å². The number of carbonyl (C=O) groups excluding carboxylic acids is 4. The predicted octanol–water partition coefficient (Wildman–Crippen LogP) is 8.14. The molecule has 0 saturated heterocycles. The number of amides is 4. The van der Waals surface area contributed by atoms with Crippen LogP contribution in [-0.2, 0) is 27.3 Å². The quantitative estimate of drug-likeness (QED) is 0.110. The fraction of sp³-hybridized carbons (Fsp3) is 0.275. The van der Waals surface area contributed by atoms with Crippen molar-refractivity contribution in [2.24, 2.45) is 0 Å². The van der Waals surface area contributed by atoms with Crippen molar-refractivity contribution in [1.29, 1.82) is 5.26 Å². The van der Waals surface area contributed by atoms with Gasteiger partial charge >= 0.3 is 6.09 Å². The molecule has 1 aliphatic rings. The Balaban J connectivity index is 1.28. The Labute approximate surface area is 312 Å². The second kappa shape index (κ2) is 16.8. The maximum atomic E-state index is 13.6. The summed E-state index contributed by atoms with van der Waals surface area (Å²) in [6.07, 6.45) is 2.21. The Morgan fingerprint density at radius 3 is 2.42 bits per heavy atom. The molecule has 4 amide bonds. The summed E-state index contributed by atoms with van der Waals surface area (Å²) in [6, 6.07) is 25.7. The molecule has 52 heavy (non-hydrogen) atoms. The van der Waals surface area contributed by atoms with Gasteiger partial charge in [0.05, 0.1) is 17.4 Å². The van der Waals surface area contributed by atoms with Crippen LogP contribution in [0.5, 0.6) is 0 Å². The topological polar surface area (TPSA) is 141 Å². The molecule has 0 aliphatic carbocycles. The third-order valence-electron chi connectivity index (χ3n) is 8.01. The highest BCUT2D eigenvalue weighted by molar-refractivity contribution is 8.00. The number of hydrogen-bond donors (Lipinski definition) is 3. The Kier molecular flexibility index (Phi) is 12.2. The number of nitriles is 1. The number of rotatable bonds is 10. The van der Waals surface area contributed by atoms with Crippen LogP contribution in [0.4, 0.5) is 15.5 Å². The zero-order valence-corrected chi connectivity index (χ0v) is 31.4. The number of aryl methyl sites for hydroxylation is 1. The molecule has 1 unspecified atom stereocenters. The van der Waals surface area contributed by atoms with Crippen molar-refractivity contribution < 1.29 is 23.9 Å². The average molecular weight is 736 g/mol. The monoisotopic (exact) mass is 735 g/mol. The lowest BCUT2D eigenvalue weighted by molar-refractivity contribution is -0.116. The van der Waals surface area contributed by atoms with Crippen LogP contribution in [0.1, 0.15) is 71.6 Å². The number of ether oxygens (including phenoxy) is 1. The van der Waals surface area contributed by atoms with Crippen molar-refractivity contribution in [1.82, 2.24) is 10.2 Å². The number of benzene rings is 3. The van der Waals surface area contributed by atoms with E-state index in [0.29, 0.717) is 47.7 Å². The van der Waals surface area contributed by atoms with Crippen LogP contribution in [0.15, 0.2) is 89.5 Å². The zero-order valence-electron chi connectivity index (χ0n) is 29.7. The molecule has 1 aliphatic heterocycles. The molecule has 0 bridgehead atoms. The van der Waals surface area contributed by atoms with Gasteiger partial charge in [0.25, 0.3) is 11.8 Å². The van der Waals surface area contributed by atoms with Crippen LogP contribution in [-0.4, -0.2) is 46.1 Å². The molecule has 12 heteroatoms. The number of anilines is 2. The fourth-order valence-corrected chi connectivity index (χ4v) is 7.62. The van der Waals surface area contributed by atoms with Crippen LogP contribution < -0.4 is 16.0 Å². The number of thiophene rings is 1. The number of nitrogens with zero attached hydrogens (tertiary/aromatic N) is 2. The van der Waals surface area contributed by atoms with Crippen LogP contribution >= 0.6 is 23.1 Å². The van der Waals surface area contributed by atoms with Crippen LogP contribution in [0.2, 0.25) is 0 Å². The van der Waals surface area contributed by atoms with Gasteiger partial charge < -0.3 is 25.6 Å². The van der Waals surface area contributed by atoms with E-state index in [1.54, 1.807) is 53.4 Å². The van der Waals surface area contributed by atoms with Crippen molar-refractivity contribution in [3.05, 3.63) is 117 Å². The summed E-state index contributed by atoms with van der Waals surface area (Å²) in [5.41, 5.74) is 3.44. The van der Waals surface area contributed by atoms with E-state index in [-0.39, 0.29) is 11.6 Å². The fourth-order valence-electron chi connectivity index (χ4n) is 5.39. The summed E-state index contributed by atoms with van der Waals surface area (Å²) in [6.45, 7) is 10.1. The lowest BCUT2D eigenvalue weighted by Crippen LogP contribution is -2.39. The molecule has 3 aromatic carbocycles. The van der Waals surface area contributed by atoms with E-state index in [9.17, 15) is 24.4 Å². The van der Waals surface area contributed by atoms with Gasteiger partial charge in [0.2, 0.25) is 5.91 Å². The second-order valence-electron chi connectivity index (χ2n) is 13.2. The lowest BCUT2D eigenvalue weighted by Gasteiger charge is -2.29. The van der Waals surface area contributed by atoms with Gasteiger partial charge in [0.15, 0.2) is 0 Å². The van der Waals surface area contributed by atoms with Gasteiger partial charge in [-0.25, -0.2) is 4.79 Å². The Hall–Kier alpha value is -5.38. The van der Waals surface area contributed by atoms with Crippen LogP contribution in [0, 0.1) is 18.3 Å². The molecule has 268 valence electrons. The van der Waals surface area contributed by atoms with E-state index in [2.05, 4.69) is 22.0 Å². The summed E-state index contributed by atoms with van der Waals surface area (Å²) in [7, 11) is 0. The second-order valence-corrected chi connectivity index (χ2v) is 15.6. The molecule has 0 saturated carbocycles. The molecule has 2 heterocycles. The van der Waals surface area contributed by atoms with Crippen LogP contribution in [0.3, 0.4) is 0 Å². The highest BCUT2D eigenvalue weighted by Gasteiger charge is 2.31. The van der Waals surface area contributed by atoms with Crippen molar-refractivity contribution in [3.8, 4) is 6.07 Å². The number of fused-ring (bicyclic) bond motifs is 1.